The van der Waals surface area contributed by atoms with Crippen molar-refractivity contribution in [3.05, 3.63) is 64.8 Å². The third-order valence-electron chi connectivity index (χ3n) is 3.77. The smallest absolute Gasteiger partial charge is 0.270 e. The Morgan fingerprint density at radius 3 is 2.67 bits per heavy atom. The fourth-order valence-electron chi connectivity index (χ4n) is 2.67. The summed E-state index contributed by atoms with van der Waals surface area (Å²) in [7, 11) is 1.86. The third-order valence-corrected chi connectivity index (χ3v) is 3.77. The Bertz CT molecular complexity index is 887. The van der Waals surface area contributed by atoms with Crippen LogP contribution in [-0.2, 0) is 7.05 Å². The largest absolute Gasteiger partial charge is 0.494 e. The molecule has 122 valence electrons. The second kappa shape index (κ2) is 6.54. The number of nitro benzene ring substituents is 1. The minimum Gasteiger partial charge on any atom is -0.494 e. The van der Waals surface area contributed by atoms with Gasteiger partial charge in [-0.25, -0.2) is 0 Å². The monoisotopic (exact) mass is 323 g/mol. The fourth-order valence-corrected chi connectivity index (χ4v) is 2.67. The van der Waals surface area contributed by atoms with Crippen LogP contribution in [-0.4, -0.2) is 21.3 Å². The van der Waals surface area contributed by atoms with Gasteiger partial charge in [-0.05, 0) is 42.3 Å². The van der Waals surface area contributed by atoms with Crippen molar-refractivity contribution in [3.8, 4) is 28.1 Å². The molecule has 0 N–H and O–H groups in total. The molecule has 1 heterocycles. The minimum atomic E-state index is -0.389. The average molecular weight is 323 g/mol. The second-order valence-electron chi connectivity index (χ2n) is 5.29. The lowest BCUT2D eigenvalue weighted by molar-refractivity contribution is -0.384. The molecule has 1 aromatic heterocycles. The van der Waals surface area contributed by atoms with Gasteiger partial charge in [0.15, 0.2) is 0 Å². The Hall–Kier alpha value is -3.15. The van der Waals surface area contributed by atoms with Crippen molar-refractivity contribution < 1.29 is 9.66 Å². The molecule has 0 aliphatic rings. The molecular weight excluding hydrogens is 306 g/mol. The number of hydrogen-bond donors (Lipinski definition) is 0. The van der Waals surface area contributed by atoms with Gasteiger partial charge in [0.2, 0.25) is 0 Å². The van der Waals surface area contributed by atoms with E-state index in [9.17, 15) is 10.1 Å². The van der Waals surface area contributed by atoms with Crippen LogP contribution in [0.1, 0.15) is 6.92 Å². The molecule has 0 aliphatic heterocycles. The van der Waals surface area contributed by atoms with E-state index >= 15 is 0 Å². The molecule has 24 heavy (non-hydrogen) atoms. The maximum absolute atomic E-state index is 11.1. The van der Waals surface area contributed by atoms with Gasteiger partial charge in [-0.1, -0.05) is 12.1 Å². The summed E-state index contributed by atoms with van der Waals surface area (Å²) in [6.07, 6.45) is 1.73. The molecule has 6 nitrogen and oxygen atoms in total. The zero-order chi connectivity index (χ0) is 17.1. The van der Waals surface area contributed by atoms with Gasteiger partial charge < -0.3 is 4.74 Å². The lowest BCUT2D eigenvalue weighted by atomic mass is 9.97. The number of aryl methyl sites for hydroxylation is 1. The van der Waals surface area contributed by atoms with Crippen LogP contribution in [0.25, 0.3) is 22.4 Å². The van der Waals surface area contributed by atoms with Crippen LogP contribution in [0.5, 0.6) is 5.75 Å². The molecule has 0 radical (unpaired) electrons. The van der Waals surface area contributed by atoms with Crippen molar-refractivity contribution in [2.24, 2.45) is 7.05 Å². The van der Waals surface area contributed by atoms with Crippen molar-refractivity contribution in [2.45, 2.75) is 6.92 Å². The first kappa shape index (κ1) is 15.7. The Labute approximate surface area is 139 Å². The Morgan fingerprint density at radius 2 is 2.00 bits per heavy atom. The van der Waals surface area contributed by atoms with Crippen molar-refractivity contribution in [3.63, 3.8) is 0 Å². The number of rotatable bonds is 5. The SMILES string of the molecule is CCOc1ccc(-c2ccnn2C)c(-c2cccc([N+](=O)[O-])c2)c1. The van der Waals surface area contributed by atoms with E-state index in [1.165, 1.54) is 6.07 Å². The highest BCUT2D eigenvalue weighted by molar-refractivity contribution is 5.83. The van der Waals surface area contributed by atoms with Crippen molar-refractivity contribution in [1.29, 1.82) is 0 Å². The molecule has 0 bridgehead atoms. The summed E-state index contributed by atoms with van der Waals surface area (Å²) in [4.78, 5) is 10.7. The third kappa shape index (κ3) is 2.99. The zero-order valence-electron chi connectivity index (χ0n) is 13.5. The van der Waals surface area contributed by atoms with Gasteiger partial charge in [-0.15, -0.1) is 0 Å². The van der Waals surface area contributed by atoms with E-state index in [2.05, 4.69) is 5.10 Å². The van der Waals surface area contributed by atoms with E-state index in [0.29, 0.717) is 6.61 Å². The van der Waals surface area contributed by atoms with Crippen molar-refractivity contribution in [1.82, 2.24) is 9.78 Å². The van der Waals surface area contributed by atoms with E-state index in [-0.39, 0.29) is 10.6 Å². The topological polar surface area (TPSA) is 70.2 Å². The summed E-state index contributed by atoms with van der Waals surface area (Å²) < 4.78 is 7.37. The predicted molar refractivity (Wildman–Crippen MR) is 91.9 cm³/mol. The molecule has 0 saturated heterocycles. The highest BCUT2D eigenvalue weighted by Crippen LogP contribution is 2.36. The molecule has 2 aromatic carbocycles. The molecule has 3 aromatic rings. The molecular formula is C18H17N3O3. The number of non-ortho nitro benzene ring substituents is 1. The molecule has 0 amide bonds. The van der Waals surface area contributed by atoms with Crippen LogP contribution < -0.4 is 4.74 Å². The molecule has 0 spiro atoms. The molecule has 3 rings (SSSR count). The molecule has 0 aliphatic carbocycles. The van der Waals surface area contributed by atoms with Gasteiger partial charge in [0.1, 0.15) is 5.75 Å². The van der Waals surface area contributed by atoms with Crippen LogP contribution in [0, 0.1) is 10.1 Å². The van der Waals surface area contributed by atoms with Crippen molar-refractivity contribution >= 4 is 5.69 Å². The van der Waals surface area contributed by atoms with E-state index < -0.39 is 0 Å². The molecule has 0 saturated carbocycles. The van der Waals surface area contributed by atoms with E-state index in [1.807, 2.05) is 44.3 Å². The quantitative estimate of drug-likeness (QED) is 0.524. The van der Waals surface area contributed by atoms with Crippen LogP contribution in [0.2, 0.25) is 0 Å². The van der Waals surface area contributed by atoms with Crippen LogP contribution in [0.15, 0.2) is 54.7 Å². The lowest BCUT2D eigenvalue weighted by Crippen LogP contribution is -1.97. The van der Waals surface area contributed by atoms with Gasteiger partial charge in [-0.2, -0.15) is 5.10 Å². The molecule has 0 atom stereocenters. The Balaban J connectivity index is 2.20. The summed E-state index contributed by atoms with van der Waals surface area (Å²) in [5.41, 5.74) is 3.57. The standard InChI is InChI=1S/C18H17N3O3/c1-3-24-15-7-8-16(18-9-10-19-20(18)2)17(12-15)13-5-4-6-14(11-13)21(22)23/h4-12H,3H2,1-2H3. The maximum atomic E-state index is 11.1. The van der Waals surface area contributed by atoms with Gasteiger partial charge in [0, 0.05) is 30.9 Å². The van der Waals surface area contributed by atoms with Gasteiger partial charge in [0.05, 0.1) is 17.2 Å². The van der Waals surface area contributed by atoms with Crippen LogP contribution >= 0.6 is 0 Å². The summed E-state index contributed by atoms with van der Waals surface area (Å²) in [6, 6.07) is 14.3. The number of nitrogens with zero attached hydrogens (tertiary/aromatic N) is 3. The number of ether oxygens (including phenoxy) is 1. The normalized spacial score (nSPS) is 10.6. The molecule has 0 unspecified atom stereocenters. The molecule has 6 heteroatoms. The summed E-state index contributed by atoms with van der Waals surface area (Å²) in [5, 5.41) is 15.3. The average Bonchev–Trinajstić information content (AvgIpc) is 3.01. The number of aromatic nitrogens is 2. The first-order valence-corrected chi connectivity index (χ1v) is 7.60. The van der Waals surface area contributed by atoms with E-state index in [4.69, 9.17) is 4.74 Å². The summed E-state index contributed by atoms with van der Waals surface area (Å²) in [6.45, 7) is 2.47. The zero-order valence-corrected chi connectivity index (χ0v) is 13.5. The van der Waals surface area contributed by atoms with Gasteiger partial charge >= 0.3 is 0 Å². The highest BCUT2D eigenvalue weighted by Gasteiger charge is 2.14. The summed E-state index contributed by atoms with van der Waals surface area (Å²) >= 11 is 0. The minimum absolute atomic E-state index is 0.0604. The van der Waals surface area contributed by atoms with E-state index in [0.717, 1.165) is 28.1 Å². The fraction of sp³-hybridized carbons (Fsp3) is 0.167. The first-order valence-electron chi connectivity index (χ1n) is 7.60. The number of hydrogen-bond acceptors (Lipinski definition) is 4. The Morgan fingerprint density at radius 1 is 1.17 bits per heavy atom. The van der Waals surface area contributed by atoms with E-state index in [1.54, 1.807) is 23.0 Å². The predicted octanol–water partition coefficient (Wildman–Crippen LogP) is 4.06. The summed E-state index contributed by atoms with van der Waals surface area (Å²) in [5.74, 6) is 0.727. The van der Waals surface area contributed by atoms with Crippen molar-refractivity contribution in [2.75, 3.05) is 6.61 Å². The second-order valence-corrected chi connectivity index (χ2v) is 5.29. The molecule has 0 fully saturated rings. The number of nitro groups is 1. The lowest BCUT2D eigenvalue weighted by Gasteiger charge is -2.13. The van der Waals surface area contributed by atoms with Crippen LogP contribution in [0.4, 0.5) is 5.69 Å². The van der Waals surface area contributed by atoms with Gasteiger partial charge in [-0.3, -0.25) is 14.8 Å². The van der Waals surface area contributed by atoms with Gasteiger partial charge in [0.25, 0.3) is 5.69 Å². The Kier molecular flexibility index (Phi) is 4.29. The highest BCUT2D eigenvalue weighted by atomic mass is 16.6. The van der Waals surface area contributed by atoms with Crippen LogP contribution in [0.3, 0.4) is 0 Å². The first-order chi connectivity index (χ1) is 11.6. The maximum Gasteiger partial charge on any atom is 0.270 e. The number of benzene rings is 2.